The number of nitrogens with one attached hydrogen (secondary N) is 1. The van der Waals surface area contributed by atoms with Crippen LogP contribution in [-0.2, 0) is 4.74 Å². The van der Waals surface area contributed by atoms with Gasteiger partial charge >= 0.3 is 0 Å². The number of pyridine rings is 1. The zero-order valence-corrected chi connectivity index (χ0v) is 16.3. The van der Waals surface area contributed by atoms with Gasteiger partial charge in [-0.15, -0.1) is 0 Å². The van der Waals surface area contributed by atoms with Crippen LogP contribution in [0.15, 0.2) is 24.4 Å². The number of rotatable bonds is 5. The Kier molecular flexibility index (Phi) is 5.68. The lowest BCUT2D eigenvalue weighted by Crippen LogP contribution is -2.36. The summed E-state index contributed by atoms with van der Waals surface area (Å²) in [6.45, 7) is 4.99. The van der Waals surface area contributed by atoms with Crippen molar-refractivity contribution >= 4 is 11.8 Å². The summed E-state index contributed by atoms with van der Waals surface area (Å²) in [4.78, 5) is 16.1. The Morgan fingerprint density at radius 1 is 1.21 bits per heavy atom. The quantitative estimate of drug-likeness (QED) is 0.855. The minimum Gasteiger partial charge on any atom is -0.378 e. The van der Waals surface area contributed by atoms with Gasteiger partial charge in [0.15, 0.2) is 0 Å². The van der Waals surface area contributed by atoms with E-state index in [1.165, 1.54) is 12.8 Å². The molecule has 0 aromatic carbocycles. The van der Waals surface area contributed by atoms with E-state index in [1.54, 1.807) is 6.20 Å². The van der Waals surface area contributed by atoms with Crippen LogP contribution in [0.3, 0.4) is 0 Å². The fourth-order valence-electron chi connectivity index (χ4n) is 3.91. The molecular weight excluding hydrogens is 352 g/mol. The Morgan fingerprint density at radius 3 is 2.75 bits per heavy atom. The third-order valence-electron chi connectivity index (χ3n) is 5.49. The molecule has 7 heteroatoms. The van der Waals surface area contributed by atoms with Gasteiger partial charge in [0, 0.05) is 25.3 Å². The second-order valence-corrected chi connectivity index (χ2v) is 7.47. The number of anilines is 2. The minimum absolute atomic E-state index is 0.430. The van der Waals surface area contributed by atoms with Crippen LogP contribution in [-0.4, -0.2) is 47.3 Å². The molecule has 1 saturated heterocycles. The van der Waals surface area contributed by atoms with E-state index in [9.17, 15) is 5.26 Å². The van der Waals surface area contributed by atoms with E-state index in [0.29, 0.717) is 25.2 Å². The Balaban J connectivity index is 1.60. The Labute approximate surface area is 165 Å². The van der Waals surface area contributed by atoms with Crippen LogP contribution < -0.4 is 10.2 Å². The molecule has 0 spiro atoms. The lowest BCUT2D eigenvalue weighted by molar-refractivity contribution is 0.122. The van der Waals surface area contributed by atoms with Crippen molar-refractivity contribution in [3.63, 3.8) is 0 Å². The van der Waals surface area contributed by atoms with Crippen molar-refractivity contribution in [3.8, 4) is 6.07 Å². The molecule has 1 unspecified atom stereocenters. The highest BCUT2D eigenvalue weighted by atomic mass is 16.5. The number of hydrogen-bond donors (Lipinski definition) is 1. The lowest BCUT2D eigenvalue weighted by atomic mass is 9.99. The SMILES string of the molecule is Cc1cnc(NC2CCCC2)nc1C(C#N)c1cccc(N2CCOCC2)n1. The molecule has 2 aromatic heterocycles. The molecule has 1 saturated carbocycles. The van der Waals surface area contributed by atoms with Gasteiger partial charge in [-0.05, 0) is 37.5 Å². The molecule has 4 rings (SSSR count). The van der Waals surface area contributed by atoms with Crippen LogP contribution >= 0.6 is 0 Å². The Morgan fingerprint density at radius 2 is 2.00 bits per heavy atom. The molecular formula is C21H26N6O. The summed E-state index contributed by atoms with van der Waals surface area (Å²) in [5, 5.41) is 13.4. The average Bonchev–Trinajstić information content (AvgIpc) is 3.25. The molecule has 146 valence electrons. The van der Waals surface area contributed by atoms with E-state index in [1.807, 2.05) is 25.1 Å². The summed E-state index contributed by atoms with van der Waals surface area (Å²) in [6, 6.07) is 8.69. The maximum absolute atomic E-state index is 9.93. The third kappa shape index (κ3) is 4.07. The fraction of sp³-hybridized carbons (Fsp3) is 0.524. The first-order valence-electron chi connectivity index (χ1n) is 10.0. The molecule has 1 N–H and O–H groups in total. The summed E-state index contributed by atoms with van der Waals surface area (Å²) >= 11 is 0. The van der Waals surface area contributed by atoms with Crippen LogP contribution in [0.2, 0.25) is 0 Å². The standard InChI is InChI=1S/C21H26N6O/c1-15-14-23-21(24-16-5-2-3-6-16)26-20(15)17(13-22)18-7-4-8-19(25-18)27-9-11-28-12-10-27/h4,7-8,14,16-17H,2-3,5-6,9-12H2,1H3,(H,23,24,26). The van der Waals surface area contributed by atoms with Crippen molar-refractivity contribution in [2.45, 2.75) is 44.6 Å². The highest BCUT2D eigenvalue weighted by Gasteiger charge is 2.23. The molecule has 1 aliphatic heterocycles. The van der Waals surface area contributed by atoms with Crippen molar-refractivity contribution in [2.24, 2.45) is 0 Å². The number of aryl methyl sites for hydroxylation is 1. The molecule has 0 amide bonds. The van der Waals surface area contributed by atoms with E-state index in [0.717, 1.165) is 48.7 Å². The lowest BCUT2D eigenvalue weighted by Gasteiger charge is -2.28. The van der Waals surface area contributed by atoms with Gasteiger partial charge in [0.05, 0.1) is 30.7 Å². The largest absolute Gasteiger partial charge is 0.378 e. The number of nitrogens with zero attached hydrogens (tertiary/aromatic N) is 5. The summed E-state index contributed by atoms with van der Waals surface area (Å²) in [5.74, 6) is 0.974. The predicted molar refractivity (Wildman–Crippen MR) is 107 cm³/mol. The highest BCUT2D eigenvalue weighted by molar-refractivity contribution is 5.44. The monoisotopic (exact) mass is 378 g/mol. The minimum atomic E-state index is -0.520. The first-order chi connectivity index (χ1) is 13.7. The van der Waals surface area contributed by atoms with Gasteiger partial charge in [-0.25, -0.2) is 15.0 Å². The van der Waals surface area contributed by atoms with E-state index < -0.39 is 5.92 Å². The van der Waals surface area contributed by atoms with Crippen LogP contribution in [0.5, 0.6) is 0 Å². The van der Waals surface area contributed by atoms with E-state index >= 15 is 0 Å². The van der Waals surface area contributed by atoms with Crippen molar-refractivity contribution in [1.29, 1.82) is 5.26 Å². The van der Waals surface area contributed by atoms with Crippen LogP contribution in [0.4, 0.5) is 11.8 Å². The number of aromatic nitrogens is 3. The van der Waals surface area contributed by atoms with Crippen molar-refractivity contribution in [2.75, 3.05) is 36.5 Å². The number of ether oxygens (including phenoxy) is 1. The van der Waals surface area contributed by atoms with Gasteiger partial charge in [-0.3, -0.25) is 0 Å². The third-order valence-corrected chi connectivity index (χ3v) is 5.49. The first-order valence-corrected chi connectivity index (χ1v) is 10.0. The van der Waals surface area contributed by atoms with Gasteiger partial charge in [0.2, 0.25) is 5.95 Å². The maximum Gasteiger partial charge on any atom is 0.223 e. The summed E-state index contributed by atoms with van der Waals surface area (Å²) < 4.78 is 5.43. The smallest absolute Gasteiger partial charge is 0.223 e. The highest BCUT2D eigenvalue weighted by Crippen LogP contribution is 2.27. The molecule has 2 aliphatic rings. The summed E-state index contributed by atoms with van der Waals surface area (Å²) in [7, 11) is 0. The molecule has 0 radical (unpaired) electrons. The zero-order chi connectivity index (χ0) is 19.3. The van der Waals surface area contributed by atoms with Crippen LogP contribution in [0.1, 0.15) is 48.6 Å². The topological polar surface area (TPSA) is 87.0 Å². The van der Waals surface area contributed by atoms with Gasteiger partial charge < -0.3 is 15.0 Å². The molecule has 1 atom stereocenters. The molecule has 2 aromatic rings. The molecule has 1 aliphatic carbocycles. The van der Waals surface area contributed by atoms with E-state index in [4.69, 9.17) is 14.7 Å². The molecule has 7 nitrogen and oxygen atoms in total. The molecule has 2 fully saturated rings. The average molecular weight is 378 g/mol. The van der Waals surface area contributed by atoms with E-state index in [2.05, 4.69) is 21.3 Å². The summed E-state index contributed by atoms with van der Waals surface area (Å²) in [6.07, 6.45) is 6.59. The summed E-state index contributed by atoms with van der Waals surface area (Å²) in [5.41, 5.74) is 2.35. The molecule has 0 bridgehead atoms. The normalized spacial score (nSPS) is 18.6. The van der Waals surface area contributed by atoms with Gasteiger partial charge in [0.1, 0.15) is 11.7 Å². The van der Waals surface area contributed by atoms with Gasteiger partial charge in [-0.2, -0.15) is 5.26 Å². The van der Waals surface area contributed by atoms with Crippen LogP contribution in [0, 0.1) is 18.3 Å². The maximum atomic E-state index is 9.93. The molecule has 3 heterocycles. The predicted octanol–water partition coefficient (Wildman–Crippen LogP) is 3.03. The van der Waals surface area contributed by atoms with Gasteiger partial charge in [-0.1, -0.05) is 18.9 Å². The van der Waals surface area contributed by atoms with Crippen molar-refractivity contribution < 1.29 is 4.74 Å². The van der Waals surface area contributed by atoms with Gasteiger partial charge in [0.25, 0.3) is 0 Å². The first kappa shape index (κ1) is 18.6. The number of hydrogen-bond acceptors (Lipinski definition) is 7. The van der Waals surface area contributed by atoms with Crippen molar-refractivity contribution in [1.82, 2.24) is 15.0 Å². The second-order valence-electron chi connectivity index (χ2n) is 7.47. The fourth-order valence-corrected chi connectivity index (χ4v) is 3.91. The second kappa shape index (κ2) is 8.53. The molecule has 28 heavy (non-hydrogen) atoms. The Bertz CT molecular complexity index is 852. The van der Waals surface area contributed by atoms with Crippen LogP contribution in [0.25, 0.3) is 0 Å². The van der Waals surface area contributed by atoms with E-state index in [-0.39, 0.29) is 0 Å². The zero-order valence-electron chi connectivity index (χ0n) is 16.3. The Hall–Kier alpha value is -2.72. The number of morpholine rings is 1. The number of nitriles is 1. The van der Waals surface area contributed by atoms with Crippen molar-refractivity contribution in [3.05, 3.63) is 41.3 Å².